The van der Waals surface area contributed by atoms with Gasteiger partial charge in [0.2, 0.25) is 5.91 Å². The van der Waals surface area contributed by atoms with Crippen LogP contribution in [0.4, 0.5) is 0 Å². The Hall–Kier alpha value is -0.260. The summed E-state index contributed by atoms with van der Waals surface area (Å²) in [5.74, 6) is 1.37. The molecule has 19 heavy (non-hydrogen) atoms. The first-order valence-electron chi connectivity index (χ1n) is 7.06. The normalized spacial score (nSPS) is 25.7. The molecule has 0 bridgehead atoms. The van der Waals surface area contributed by atoms with Crippen LogP contribution in [0.5, 0.6) is 0 Å². The molecule has 1 rings (SSSR count). The summed E-state index contributed by atoms with van der Waals surface area (Å²) in [5, 5.41) is 0. The van der Waals surface area contributed by atoms with Gasteiger partial charge in [-0.3, -0.25) is 9.69 Å². The quantitative estimate of drug-likeness (QED) is 0.745. The fourth-order valence-electron chi connectivity index (χ4n) is 2.36. The molecule has 0 unspecified atom stereocenters. The number of thioether (sulfide) groups is 1. The second kappa shape index (κ2) is 8.12. The molecule has 4 nitrogen and oxygen atoms in total. The Morgan fingerprint density at radius 3 is 2.53 bits per heavy atom. The summed E-state index contributed by atoms with van der Waals surface area (Å²) in [5.41, 5.74) is 0. The third kappa shape index (κ3) is 5.71. The van der Waals surface area contributed by atoms with E-state index in [0.29, 0.717) is 12.6 Å². The van der Waals surface area contributed by atoms with Crippen molar-refractivity contribution in [3.8, 4) is 0 Å². The fraction of sp³-hybridized carbons (Fsp3) is 0.929. The molecule has 1 aliphatic heterocycles. The number of hydrogen-bond donors (Lipinski definition) is 0. The minimum Gasteiger partial charge on any atom is -0.372 e. The Morgan fingerprint density at radius 1 is 1.42 bits per heavy atom. The van der Waals surface area contributed by atoms with E-state index < -0.39 is 0 Å². The number of morpholine rings is 1. The topological polar surface area (TPSA) is 32.8 Å². The number of ether oxygens (including phenoxy) is 1. The van der Waals surface area contributed by atoms with Crippen LogP contribution in [0, 0.1) is 0 Å². The van der Waals surface area contributed by atoms with Crippen LogP contribution in [-0.2, 0) is 9.53 Å². The van der Waals surface area contributed by atoms with Gasteiger partial charge in [-0.2, -0.15) is 11.8 Å². The SMILES string of the molecule is CSCC[C@H](C)N(C)CC(=O)N1C[C@H](C)O[C@@H](C)C1. The average molecular weight is 288 g/mol. The Balaban J connectivity index is 2.40. The van der Waals surface area contributed by atoms with E-state index in [1.165, 1.54) is 0 Å². The van der Waals surface area contributed by atoms with E-state index in [4.69, 9.17) is 4.74 Å². The summed E-state index contributed by atoms with van der Waals surface area (Å²) in [7, 11) is 2.04. The first-order valence-corrected chi connectivity index (χ1v) is 8.45. The van der Waals surface area contributed by atoms with Crippen molar-refractivity contribution in [2.75, 3.05) is 38.7 Å². The van der Waals surface area contributed by atoms with E-state index in [-0.39, 0.29) is 18.1 Å². The molecule has 0 aromatic carbocycles. The highest BCUT2D eigenvalue weighted by atomic mass is 32.2. The number of nitrogens with zero attached hydrogens (tertiary/aromatic N) is 2. The van der Waals surface area contributed by atoms with Crippen molar-refractivity contribution in [3.63, 3.8) is 0 Å². The van der Waals surface area contributed by atoms with Crippen LogP contribution in [-0.4, -0.2) is 72.6 Å². The molecule has 1 saturated heterocycles. The predicted molar refractivity (Wildman–Crippen MR) is 81.7 cm³/mol. The number of amides is 1. The molecule has 3 atom stereocenters. The maximum atomic E-state index is 12.3. The lowest BCUT2D eigenvalue weighted by Gasteiger charge is -2.36. The smallest absolute Gasteiger partial charge is 0.236 e. The lowest BCUT2D eigenvalue weighted by molar-refractivity contribution is -0.144. The summed E-state index contributed by atoms with van der Waals surface area (Å²) >= 11 is 1.86. The summed E-state index contributed by atoms with van der Waals surface area (Å²) in [6.07, 6.45) is 3.54. The fourth-order valence-corrected chi connectivity index (χ4v) is 2.94. The summed E-state index contributed by atoms with van der Waals surface area (Å²) in [6.45, 7) is 8.19. The molecule has 5 heteroatoms. The van der Waals surface area contributed by atoms with Crippen molar-refractivity contribution in [1.82, 2.24) is 9.80 Å². The van der Waals surface area contributed by atoms with E-state index in [9.17, 15) is 4.79 Å². The van der Waals surface area contributed by atoms with E-state index in [0.717, 1.165) is 25.3 Å². The van der Waals surface area contributed by atoms with E-state index in [1.54, 1.807) is 0 Å². The molecule has 1 heterocycles. The molecule has 0 aromatic heterocycles. The van der Waals surface area contributed by atoms with Crippen LogP contribution in [0.25, 0.3) is 0 Å². The first-order chi connectivity index (χ1) is 8.93. The van der Waals surface area contributed by atoms with Gasteiger partial charge in [0.1, 0.15) is 0 Å². The van der Waals surface area contributed by atoms with E-state index in [1.807, 2.05) is 37.6 Å². The third-order valence-electron chi connectivity index (χ3n) is 3.65. The second-order valence-electron chi connectivity index (χ2n) is 5.60. The van der Waals surface area contributed by atoms with Gasteiger partial charge in [0.25, 0.3) is 0 Å². The van der Waals surface area contributed by atoms with Crippen molar-refractivity contribution in [2.24, 2.45) is 0 Å². The van der Waals surface area contributed by atoms with Crippen LogP contribution in [0.3, 0.4) is 0 Å². The van der Waals surface area contributed by atoms with Crippen LogP contribution in [0.1, 0.15) is 27.2 Å². The molecule has 1 fully saturated rings. The largest absolute Gasteiger partial charge is 0.372 e. The van der Waals surface area contributed by atoms with Gasteiger partial charge in [0, 0.05) is 19.1 Å². The molecule has 0 saturated carbocycles. The highest BCUT2D eigenvalue weighted by molar-refractivity contribution is 7.98. The zero-order valence-electron chi connectivity index (χ0n) is 12.9. The molecule has 0 aromatic rings. The zero-order chi connectivity index (χ0) is 14.4. The number of rotatable bonds is 6. The number of carbonyl (C=O) groups excluding carboxylic acids is 1. The van der Waals surface area contributed by atoms with Crippen LogP contribution in [0.2, 0.25) is 0 Å². The highest BCUT2D eigenvalue weighted by Crippen LogP contribution is 2.12. The molecular formula is C14H28N2O2S. The minimum absolute atomic E-state index is 0.145. The van der Waals surface area contributed by atoms with Gasteiger partial charge in [-0.15, -0.1) is 0 Å². The zero-order valence-corrected chi connectivity index (χ0v) is 13.7. The van der Waals surface area contributed by atoms with Gasteiger partial charge in [-0.05, 0) is 46.2 Å². The summed E-state index contributed by atoms with van der Waals surface area (Å²) < 4.78 is 5.66. The standard InChI is InChI=1S/C14H28N2O2S/c1-11(6-7-19-5)15(4)10-14(17)16-8-12(2)18-13(3)9-16/h11-13H,6-10H2,1-5H3/t11-,12-,13-/m0/s1. The van der Waals surface area contributed by atoms with Crippen molar-refractivity contribution in [2.45, 2.75) is 45.4 Å². The molecule has 1 amide bonds. The van der Waals surface area contributed by atoms with Gasteiger partial charge in [-0.1, -0.05) is 0 Å². The minimum atomic E-state index is 0.145. The molecule has 0 spiro atoms. The van der Waals surface area contributed by atoms with Gasteiger partial charge < -0.3 is 9.64 Å². The number of likely N-dealkylation sites (N-methyl/N-ethyl adjacent to an activating group) is 1. The van der Waals surface area contributed by atoms with Crippen LogP contribution >= 0.6 is 11.8 Å². The van der Waals surface area contributed by atoms with E-state index in [2.05, 4.69) is 18.1 Å². The molecule has 1 aliphatic rings. The first kappa shape index (κ1) is 16.8. The maximum absolute atomic E-state index is 12.3. The molecular weight excluding hydrogens is 260 g/mol. The Kier molecular flexibility index (Phi) is 7.18. The molecule has 0 aliphatic carbocycles. The average Bonchev–Trinajstić information content (AvgIpc) is 2.34. The second-order valence-corrected chi connectivity index (χ2v) is 6.59. The third-order valence-corrected chi connectivity index (χ3v) is 4.29. The number of carbonyl (C=O) groups is 1. The Bertz CT molecular complexity index is 279. The molecule has 0 radical (unpaired) electrons. The van der Waals surface area contributed by atoms with Crippen molar-refractivity contribution in [1.29, 1.82) is 0 Å². The summed E-state index contributed by atoms with van der Waals surface area (Å²) in [6, 6.07) is 0.451. The monoisotopic (exact) mass is 288 g/mol. The lowest BCUT2D eigenvalue weighted by atomic mass is 10.2. The Morgan fingerprint density at radius 2 is 2.00 bits per heavy atom. The highest BCUT2D eigenvalue weighted by Gasteiger charge is 2.26. The maximum Gasteiger partial charge on any atom is 0.236 e. The lowest BCUT2D eigenvalue weighted by Crippen LogP contribution is -2.51. The van der Waals surface area contributed by atoms with Gasteiger partial charge >= 0.3 is 0 Å². The van der Waals surface area contributed by atoms with Crippen LogP contribution in [0.15, 0.2) is 0 Å². The van der Waals surface area contributed by atoms with Crippen molar-refractivity contribution < 1.29 is 9.53 Å². The van der Waals surface area contributed by atoms with Crippen molar-refractivity contribution in [3.05, 3.63) is 0 Å². The van der Waals surface area contributed by atoms with Gasteiger partial charge in [0.05, 0.1) is 18.8 Å². The molecule has 0 N–H and O–H groups in total. The van der Waals surface area contributed by atoms with Crippen LogP contribution < -0.4 is 0 Å². The Labute approximate surface area is 121 Å². The van der Waals surface area contributed by atoms with Gasteiger partial charge in [-0.25, -0.2) is 0 Å². The number of hydrogen-bond acceptors (Lipinski definition) is 4. The molecule has 112 valence electrons. The van der Waals surface area contributed by atoms with E-state index >= 15 is 0 Å². The predicted octanol–water partition coefficient (Wildman–Crippen LogP) is 1.70. The van der Waals surface area contributed by atoms with Gasteiger partial charge in [0.15, 0.2) is 0 Å². The van der Waals surface area contributed by atoms with Crippen molar-refractivity contribution >= 4 is 17.7 Å². The summed E-state index contributed by atoms with van der Waals surface area (Å²) in [4.78, 5) is 16.4.